The van der Waals surface area contributed by atoms with E-state index in [1.54, 1.807) is 7.05 Å². The van der Waals surface area contributed by atoms with E-state index >= 15 is 0 Å². The van der Waals surface area contributed by atoms with Gasteiger partial charge in [0.25, 0.3) is 5.69 Å². The average Bonchev–Trinajstić information content (AvgIpc) is 2.38. The number of halogens is 1. The summed E-state index contributed by atoms with van der Waals surface area (Å²) in [5.41, 5.74) is -0.0924. The predicted octanol–water partition coefficient (Wildman–Crippen LogP) is 0.933. The van der Waals surface area contributed by atoms with Crippen molar-refractivity contribution in [2.45, 2.75) is 0 Å². The van der Waals surface area contributed by atoms with E-state index in [0.29, 0.717) is 13.2 Å². The second-order valence-electron chi connectivity index (χ2n) is 4.12. The van der Waals surface area contributed by atoms with Crippen molar-refractivity contribution in [1.82, 2.24) is 5.32 Å². The molecule has 7 nitrogen and oxygen atoms in total. The van der Waals surface area contributed by atoms with Crippen LogP contribution in [0.1, 0.15) is 0 Å². The van der Waals surface area contributed by atoms with Crippen molar-refractivity contribution in [1.29, 1.82) is 0 Å². The summed E-state index contributed by atoms with van der Waals surface area (Å²) in [5, 5.41) is 13.3. The van der Waals surface area contributed by atoms with Crippen LogP contribution < -0.4 is 10.2 Å². The van der Waals surface area contributed by atoms with E-state index < -0.39 is 10.7 Å². The number of hydrogen-bond acceptors (Lipinski definition) is 5. The standard InChI is InChI=1S/C12H16FN3O4/c1-15(8-12(17)14-3-4-20-2)10-5-9(13)6-11(7-10)16(18)19/h5-7H,3-4,8H2,1-2H3,(H,14,17). The average molecular weight is 285 g/mol. The molecule has 0 radical (unpaired) electrons. The van der Waals surface area contributed by atoms with Gasteiger partial charge in [0.1, 0.15) is 5.82 Å². The number of carbonyl (C=O) groups excluding carboxylic acids is 1. The van der Waals surface area contributed by atoms with Crippen LogP contribution in [0.5, 0.6) is 0 Å². The number of nitrogens with one attached hydrogen (secondary N) is 1. The minimum Gasteiger partial charge on any atom is -0.383 e. The Hall–Kier alpha value is -2.22. The normalized spacial score (nSPS) is 10.2. The molecule has 110 valence electrons. The smallest absolute Gasteiger partial charge is 0.274 e. The summed E-state index contributed by atoms with van der Waals surface area (Å²) >= 11 is 0. The number of carbonyl (C=O) groups is 1. The van der Waals surface area contributed by atoms with Gasteiger partial charge in [-0.3, -0.25) is 14.9 Å². The first-order valence-corrected chi connectivity index (χ1v) is 5.85. The number of rotatable bonds is 7. The fourth-order valence-corrected chi connectivity index (χ4v) is 1.54. The van der Waals surface area contributed by atoms with Gasteiger partial charge >= 0.3 is 0 Å². The molecule has 0 saturated carbocycles. The summed E-state index contributed by atoms with van der Waals surface area (Å²) in [6.45, 7) is 0.720. The van der Waals surface area contributed by atoms with E-state index in [9.17, 15) is 19.3 Å². The van der Waals surface area contributed by atoms with Crippen molar-refractivity contribution in [3.05, 3.63) is 34.1 Å². The molecule has 0 atom stereocenters. The SMILES string of the molecule is COCCNC(=O)CN(C)c1cc(F)cc([N+](=O)[O-])c1. The molecular formula is C12H16FN3O4. The lowest BCUT2D eigenvalue weighted by molar-refractivity contribution is -0.385. The van der Waals surface area contributed by atoms with Gasteiger partial charge in [-0.1, -0.05) is 0 Å². The first-order chi connectivity index (χ1) is 9.43. The molecule has 0 aliphatic heterocycles. The lowest BCUT2D eigenvalue weighted by Gasteiger charge is -2.18. The number of likely N-dealkylation sites (N-methyl/N-ethyl adjacent to an activating group) is 1. The van der Waals surface area contributed by atoms with E-state index in [4.69, 9.17) is 4.74 Å². The number of hydrogen-bond donors (Lipinski definition) is 1. The highest BCUT2D eigenvalue weighted by Gasteiger charge is 2.14. The highest BCUT2D eigenvalue weighted by atomic mass is 19.1. The Morgan fingerprint density at radius 2 is 2.20 bits per heavy atom. The van der Waals surface area contributed by atoms with Gasteiger partial charge in [0.15, 0.2) is 0 Å². The molecule has 0 unspecified atom stereocenters. The van der Waals surface area contributed by atoms with Gasteiger partial charge in [-0.05, 0) is 6.07 Å². The van der Waals surface area contributed by atoms with Gasteiger partial charge in [-0.15, -0.1) is 0 Å². The molecule has 1 rings (SSSR count). The third-order valence-electron chi connectivity index (χ3n) is 2.53. The van der Waals surface area contributed by atoms with Crippen molar-refractivity contribution in [2.75, 3.05) is 38.8 Å². The molecule has 0 bridgehead atoms. The summed E-state index contributed by atoms with van der Waals surface area (Å²) in [4.78, 5) is 23.0. The van der Waals surface area contributed by atoms with Crippen molar-refractivity contribution >= 4 is 17.3 Å². The number of nitro benzene ring substituents is 1. The van der Waals surface area contributed by atoms with Gasteiger partial charge < -0.3 is 15.0 Å². The number of ether oxygens (including phenoxy) is 1. The Labute approximate surface area is 115 Å². The molecular weight excluding hydrogens is 269 g/mol. The maximum absolute atomic E-state index is 13.3. The molecule has 1 aromatic carbocycles. The van der Waals surface area contributed by atoms with Crippen LogP contribution >= 0.6 is 0 Å². The summed E-state index contributed by atoms with van der Waals surface area (Å²) in [5.74, 6) is -1.00. The van der Waals surface area contributed by atoms with Crippen molar-refractivity contribution in [3.63, 3.8) is 0 Å². The molecule has 0 aromatic heterocycles. The third-order valence-corrected chi connectivity index (χ3v) is 2.53. The predicted molar refractivity (Wildman–Crippen MR) is 71.2 cm³/mol. The molecule has 1 aromatic rings. The fraction of sp³-hybridized carbons (Fsp3) is 0.417. The van der Waals surface area contributed by atoms with Crippen LogP contribution in [-0.2, 0) is 9.53 Å². The molecule has 1 N–H and O–H groups in total. The Bertz CT molecular complexity index is 496. The van der Waals surface area contributed by atoms with Crippen LogP contribution in [0.2, 0.25) is 0 Å². The number of non-ortho nitro benzene ring substituents is 1. The summed E-state index contributed by atoms with van der Waals surface area (Å²) in [6.07, 6.45) is 0. The van der Waals surface area contributed by atoms with Crippen molar-refractivity contribution in [3.8, 4) is 0 Å². The minimum absolute atomic E-state index is 0.0374. The van der Waals surface area contributed by atoms with Gasteiger partial charge in [0.05, 0.1) is 24.1 Å². The number of methoxy groups -OCH3 is 1. The lowest BCUT2D eigenvalue weighted by Crippen LogP contribution is -2.36. The zero-order valence-corrected chi connectivity index (χ0v) is 11.3. The second kappa shape index (κ2) is 7.39. The van der Waals surface area contributed by atoms with Crippen molar-refractivity contribution < 1.29 is 18.8 Å². The maximum Gasteiger partial charge on any atom is 0.274 e. The van der Waals surface area contributed by atoms with Crippen LogP contribution in [0.4, 0.5) is 15.8 Å². The summed E-state index contributed by atoms with van der Waals surface area (Å²) in [7, 11) is 3.07. The Morgan fingerprint density at radius 3 is 2.80 bits per heavy atom. The van der Waals surface area contributed by atoms with E-state index in [1.807, 2.05) is 0 Å². The first-order valence-electron chi connectivity index (χ1n) is 5.85. The van der Waals surface area contributed by atoms with Crippen molar-refractivity contribution in [2.24, 2.45) is 0 Å². The lowest BCUT2D eigenvalue weighted by atomic mass is 10.2. The van der Waals surface area contributed by atoms with E-state index in [2.05, 4.69) is 5.32 Å². The van der Waals surface area contributed by atoms with E-state index in [1.165, 1.54) is 18.1 Å². The highest BCUT2D eigenvalue weighted by Crippen LogP contribution is 2.22. The maximum atomic E-state index is 13.3. The number of amides is 1. The zero-order valence-electron chi connectivity index (χ0n) is 11.3. The van der Waals surface area contributed by atoms with Crippen LogP contribution in [0.25, 0.3) is 0 Å². The molecule has 20 heavy (non-hydrogen) atoms. The van der Waals surface area contributed by atoms with E-state index in [-0.39, 0.29) is 23.8 Å². The van der Waals surface area contributed by atoms with Gasteiger partial charge in [0.2, 0.25) is 5.91 Å². The molecule has 0 saturated heterocycles. The summed E-state index contributed by atoms with van der Waals surface area (Å²) < 4.78 is 18.1. The number of nitrogens with zero attached hydrogens (tertiary/aromatic N) is 2. The second-order valence-corrected chi connectivity index (χ2v) is 4.12. The van der Waals surface area contributed by atoms with Gasteiger partial charge in [-0.2, -0.15) is 0 Å². The molecule has 0 fully saturated rings. The first kappa shape index (κ1) is 15.8. The van der Waals surface area contributed by atoms with Crippen LogP contribution in [0.3, 0.4) is 0 Å². The molecule has 0 aliphatic carbocycles. The Kier molecular flexibility index (Phi) is 5.85. The third kappa shape index (κ3) is 4.81. The highest BCUT2D eigenvalue weighted by molar-refractivity contribution is 5.81. The quantitative estimate of drug-likeness (QED) is 0.458. The number of anilines is 1. The molecule has 8 heteroatoms. The molecule has 0 heterocycles. The zero-order chi connectivity index (χ0) is 15.1. The number of nitro groups is 1. The van der Waals surface area contributed by atoms with Crippen LogP contribution in [0.15, 0.2) is 18.2 Å². The summed E-state index contributed by atoms with van der Waals surface area (Å²) in [6, 6.07) is 3.18. The topological polar surface area (TPSA) is 84.7 Å². The van der Waals surface area contributed by atoms with Crippen LogP contribution in [-0.4, -0.2) is 44.7 Å². The largest absolute Gasteiger partial charge is 0.383 e. The molecule has 0 aliphatic rings. The number of benzene rings is 1. The molecule has 1 amide bonds. The monoisotopic (exact) mass is 285 g/mol. The Balaban J connectivity index is 2.69. The van der Waals surface area contributed by atoms with Gasteiger partial charge in [0, 0.05) is 32.5 Å². The fourth-order valence-electron chi connectivity index (χ4n) is 1.54. The Morgan fingerprint density at radius 1 is 1.50 bits per heavy atom. The van der Waals surface area contributed by atoms with Gasteiger partial charge in [-0.25, -0.2) is 4.39 Å². The van der Waals surface area contributed by atoms with Crippen LogP contribution in [0, 0.1) is 15.9 Å². The minimum atomic E-state index is -0.721. The molecule has 0 spiro atoms. The van der Waals surface area contributed by atoms with E-state index in [0.717, 1.165) is 12.1 Å².